The summed E-state index contributed by atoms with van der Waals surface area (Å²) in [6, 6.07) is 3.42. The minimum Gasteiger partial charge on any atom is -0.372 e. The van der Waals surface area contributed by atoms with Crippen molar-refractivity contribution in [2.75, 3.05) is 44.7 Å². The molecule has 0 saturated carbocycles. The van der Waals surface area contributed by atoms with Gasteiger partial charge in [-0.15, -0.1) is 0 Å². The number of morpholine rings is 1. The predicted molar refractivity (Wildman–Crippen MR) is 80.4 cm³/mol. The lowest BCUT2D eigenvalue weighted by Crippen LogP contribution is -2.56. The second kappa shape index (κ2) is 5.61. The standard InChI is InChI=1S/C15H22N4O2/c1-18-8-9-21-15(11-18)3-6-19(7-4-15)13-10-12(14(16)20)2-5-17-13/h2,5,10H,3-4,6-9,11H2,1H3,(H2,16,20). The van der Waals surface area contributed by atoms with Crippen LogP contribution in [-0.2, 0) is 4.74 Å². The Bertz CT molecular complexity index is 526. The Hall–Kier alpha value is -1.66. The topological polar surface area (TPSA) is 71.7 Å². The summed E-state index contributed by atoms with van der Waals surface area (Å²) < 4.78 is 6.06. The third kappa shape index (κ3) is 3.01. The molecule has 3 rings (SSSR count). The average Bonchev–Trinajstić information content (AvgIpc) is 2.48. The van der Waals surface area contributed by atoms with Crippen LogP contribution in [0.1, 0.15) is 23.2 Å². The highest BCUT2D eigenvalue weighted by Gasteiger charge is 2.39. The molecule has 1 aromatic rings. The number of pyridine rings is 1. The molecule has 0 aromatic carbocycles. The van der Waals surface area contributed by atoms with E-state index >= 15 is 0 Å². The Morgan fingerprint density at radius 2 is 2.14 bits per heavy atom. The molecule has 1 aromatic heterocycles. The number of nitrogens with zero attached hydrogens (tertiary/aromatic N) is 3. The van der Waals surface area contributed by atoms with Crippen molar-refractivity contribution in [1.82, 2.24) is 9.88 Å². The van der Waals surface area contributed by atoms with Gasteiger partial charge in [-0.2, -0.15) is 0 Å². The molecule has 2 N–H and O–H groups in total. The normalized spacial score (nSPS) is 22.4. The van der Waals surface area contributed by atoms with Crippen LogP contribution in [-0.4, -0.2) is 61.2 Å². The first kappa shape index (κ1) is 14.3. The van der Waals surface area contributed by atoms with Gasteiger partial charge in [0.2, 0.25) is 5.91 Å². The number of nitrogens with two attached hydrogens (primary N) is 1. The number of rotatable bonds is 2. The fraction of sp³-hybridized carbons (Fsp3) is 0.600. The minimum absolute atomic E-state index is 0.00913. The van der Waals surface area contributed by atoms with Gasteiger partial charge in [0, 0.05) is 37.9 Å². The van der Waals surface area contributed by atoms with Crippen molar-refractivity contribution in [1.29, 1.82) is 0 Å². The summed E-state index contributed by atoms with van der Waals surface area (Å²) in [5.41, 5.74) is 5.83. The van der Waals surface area contributed by atoms with Gasteiger partial charge in [-0.3, -0.25) is 4.79 Å². The molecule has 0 aliphatic carbocycles. The summed E-state index contributed by atoms with van der Waals surface area (Å²) in [7, 11) is 2.15. The van der Waals surface area contributed by atoms with Gasteiger partial charge in [0.1, 0.15) is 5.82 Å². The number of ether oxygens (including phenoxy) is 1. The van der Waals surface area contributed by atoms with E-state index < -0.39 is 5.91 Å². The van der Waals surface area contributed by atoms with E-state index in [4.69, 9.17) is 10.5 Å². The highest BCUT2D eigenvalue weighted by Crippen LogP contribution is 2.31. The lowest BCUT2D eigenvalue weighted by molar-refractivity contribution is -0.115. The molecule has 1 amide bonds. The molecule has 6 nitrogen and oxygen atoms in total. The Kier molecular flexibility index (Phi) is 3.82. The van der Waals surface area contributed by atoms with Crippen LogP contribution in [0.15, 0.2) is 18.3 Å². The van der Waals surface area contributed by atoms with E-state index in [1.165, 1.54) is 0 Å². The molecular weight excluding hydrogens is 268 g/mol. The second-order valence-corrected chi connectivity index (χ2v) is 6.02. The Balaban J connectivity index is 1.68. The molecule has 0 bridgehead atoms. The first-order valence-electron chi connectivity index (χ1n) is 7.41. The predicted octanol–water partition coefficient (Wildman–Crippen LogP) is 0.481. The van der Waals surface area contributed by atoms with Gasteiger partial charge in [0.05, 0.1) is 12.2 Å². The monoisotopic (exact) mass is 290 g/mol. The first-order valence-corrected chi connectivity index (χ1v) is 7.41. The molecule has 2 fully saturated rings. The average molecular weight is 290 g/mol. The van der Waals surface area contributed by atoms with E-state index in [1.807, 2.05) is 0 Å². The Labute approximate surface area is 124 Å². The Morgan fingerprint density at radius 1 is 1.38 bits per heavy atom. The summed E-state index contributed by atoms with van der Waals surface area (Å²) in [5, 5.41) is 0. The van der Waals surface area contributed by atoms with Crippen LogP contribution in [0.4, 0.5) is 5.82 Å². The van der Waals surface area contributed by atoms with Crippen molar-refractivity contribution >= 4 is 11.7 Å². The summed E-state index contributed by atoms with van der Waals surface area (Å²) in [6.07, 6.45) is 3.62. The van der Waals surface area contributed by atoms with Crippen LogP contribution in [0.5, 0.6) is 0 Å². The molecule has 114 valence electrons. The quantitative estimate of drug-likeness (QED) is 0.858. The van der Waals surface area contributed by atoms with Gasteiger partial charge >= 0.3 is 0 Å². The number of carbonyl (C=O) groups excluding carboxylic acids is 1. The van der Waals surface area contributed by atoms with Crippen LogP contribution >= 0.6 is 0 Å². The van der Waals surface area contributed by atoms with Crippen LogP contribution in [0.3, 0.4) is 0 Å². The largest absolute Gasteiger partial charge is 0.372 e. The van der Waals surface area contributed by atoms with Crippen molar-refractivity contribution in [3.8, 4) is 0 Å². The molecule has 3 heterocycles. The zero-order valence-electron chi connectivity index (χ0n) is 12.4. The number of amides is 1. The van der Waals surface area contributed by atoms with Crippen molar-refractivity contribution in [2.24, 2.45) is 5.73 Å². The number of carbonyl (C=O) groups is 1. The van der Waals surface area contributed by atoms with Crippen LogP contribution < -0.4 is 10.6 Å². The summed E-state index contributed by atoms with van der Waals surface area (Å²) >= 11 is 0. The van der Waals surface area contributed by atoms with Crippen LogP contribution in [0.25, 0.3) is 0 Å². The lowest BCUT2D eigenvalue weighted by atomic mass is 9.89. The van der Waals surface area contributed by atoms with Crippen LogP contribution in [0.2, 0.25) is 0 Å². The first-order chi connectivity index (χ1) is 10.1. The van der Waals surface area contributed by atoms with Gasteiger partial charge in [0.25, 0.3) is 0 Å². The minimum atomic E-state index is -0.413. The molecule has 2 aliphatic heterocycles. The molecule has 1 spiro atoms. The van der Waals surface area contributed by atoms with Crippen molar-refractivity contribution in [2.45, 2.75) is 18.4 Å². The van der Waals surface area contributed by atoms with Gasteiger partial charge in [-0.1, -0.05) is 0 Å². The van der Waals surface area contributed by atoms with Gasteiger partial charge in [-0.05, 0) is 32.0 Å². The molecule has 21 heavy (non-hydrogen) atoms. The lowest BCUT2D eigenvalue weighted by Gasteiger charge is -2.46. The summed E-state index contributed by atoms with van der Waals surface area (Å²) in [5.74, 6) is 0.412. The zero-order chi connectivity index (χ0) is 14.9. The fourth-order valence-corrected chi connectivity index (χ4v) is 3.22. The number of likely N-dealkylation sites (N-methyl/N-ethyl adjacent to an activating group) is 1. The molecule has 2 aliphatic rings. The van der Waals surface area contributed by atoms with Gasteiger partial charge in [-0.25, -0.2) is 4.98 Å². The molecule has 6 heteroatoms. The zero-order valence-corrected chi connectivity index (χ0v) is 12.4. The van der Waals surface area contributed by atoms with Crippen molar-refractivity contribution in [3.05, 3.63) is 23.9 Å². The SMILES string of the molecule is CN1CCOC2(CCN(c3cc(C(N)=O)ccn3)CC2)C1. The molecule has 2 saturated heterocycles. The maximum Gasteiger partial charge on any atom is 0.248 e. The summed E-state index contributed by atoms with van der Waals surface area (Å²) in [6.45, 7) is 4.60. The van der Waals surface area contributed by atoms with E-state index in [-0.39, 0.29) is 5.60 Å². The maximum absolute atomic E-state index is 11.3. The fourth-order valence-electron chi connectivity index (χ4n) is 3.22. The number of anilines is 1. The Morgan fingerprint density at radius 3 is 2.81 bits per heavy atom. The maximum atomic E-state index is 11.3. The van der Waals surface area contributed by atoms with E-state index in [0.717, 1.165) is 51.4 Å². The van der Waals surface area contributed by atoms with Gasteiger partial charge < -0.3 is 20.3 Å². The number of hydrogen-bond acceptors (Lipinski definition) is 5. The summed E-state index contributed by atoms with van der Waals surface area (Å²) in [4.78, 5) is 20.2. The van der Waals surface area contributed by atoms with Gasteiger partial charge in [0.15, 0.2) is 0 Å². The highest BCUT2D eigenvalue weighted by molar-refractivity contribution is 5.93. The third-order valence-corrected chi connectivity index (χ3v) is 4.47. The number of aromatic nitrogens is 1. The van der Waals surface area contributed by atoms with E-state index in [9.17, 15) is 4.79 Å². The number of primary amides is 1. The molecule has 0 unspecified atom stereocenters. The van der Waals surface area contributed by atoms with Crippen molar-refractivity contribution < 1.29 is 9.53 Å². The van der Waals surface area contributed by atoms with Crippen LogP contribution in [0, 0.1) is 0 Å². The second-order valence-electron chi connectivity index (χ2n) is 6.02. The molecular formula is C15H22N4O2. The smallest absolute Gasteiger partial charge is 0.248 e. The molecule has 0 radical (unpaired) electrons. The van der Waals surface area contributed by atoms with Crippen molar-refractivity contribution in [3.63, 3.8) is 0 Å². The highest BCUT2D eigenvalue weighted by atomic mass is 16.5. The van der Waals surface area contributed by atoms with E-state index in [0.29, 0.717) is 5.56 Å². The third-order valence-electron chi connectivity index (χ3n) is 4.47. The molecule has 0 atom stereocenters. The van der Waals surface area contributed by atoms with E-state index in [1.54, 1.807) is 18.3 Å². The van der Waals surface area contributed by atoms with E-state index in [2.05, 4.69) is 21.8 Å². The number of piperidine rings is 1. The number of hydrogen-bond donors (Lipinski definition) is 1.